The molecule has 3 rings (SSSR count). The average molecular weight is 272 g/mol. The van der Waals surface area contributed by atoms with E-state index in [-0.39, 0.29) is 12.0 Å². The number of fused-ring (bicyclic) bond motifs is 1. The maximum absolute atomic E-state index is 12.7. The third kappa shape index (κ3) is 2.47. The number of carbonyl (C=O) groups is 1. The highest BCUT2D eigenvalue weighted by Gasteiger charge is 2.33. The largest absolute Gasteiger partial charge is 0.338 e. The van der Waals surface area contributed by atoms with E-state index >= 15 is 0 Å². The summed E-state index contributed by atoms with van der Waals surface area (Å²) >= 11 is 0. The van der Waals surface area contributed by atoms with Gasteiger partial charge in [0.2, 0.25) is 5.91 Å². The SMILES string of the molecule is C[C@H]1C[C@@H](C(=O)N(C)C2CCc3ccccc32)CCN1. The molecular weight excluding hydrogens is 248 g/mol. The van der Waals surface area contributed by atoms with Gasteiger partial charge in [-0.3, -0.25) is 4.79 Å². The lowest BCUT2D eigenvalue weighted by molar-refractivity contribution is -0.137. The normalized spacial score (nSPS) is 29.0. The fourth-order valence-corrected chi connectivity index (χ4v) is 3.73. The molecule has 20 heavy (non-hydrogen) atoms. The number of piperidine rings is 1. The molecule has 1 heterocycles. The molecule has 0 aromatic heterocycles. The van der Waals surface area contributed by atoms with Crippen molar-refractivity contribution in [1.29, 1.82) is 0 Å². The summed E-state index contributed by atoms with van der Waals surface area (Å²) in [5, 5.41) is 3.42. The first-order valence-electron chi connectivity index (χ1n) is 7.74. The Morgan fingerprint density at radius 3 is 2.90 bits per heavy atom. The van der Waals surface area contributed by atoms with Crippen LogP contribution in [0.3, 0.4) is 0 Å². The fourth-order valence-electron chi connectivity index (χ4n) is 3.73. The summed E-state index contributed by atoms with van der Waals surface area (Å²) in [6.07, 6.45) is 4.11. The van der Waals surface area contributed by atoms with Crippen molar-refractivity contribution in [3.8, 4) is 0 Å². The number of rotatable bonds is 2. The summed E-state index contributed by atoms with van der Waals surface area (Å²) < 4.78 is 0. The Hall–Kier alpha value is -1.35. The van der Waals surface area contributed by atoms with Crippen LogP contribution in [0.4, 0.5) is 0 Å². The minimum Gasteiger partial charge on any atom is -0.338 e. The Kier molecular flexibility index (Phi) is 3.79. The van der Waals surface area contributed by atoms with E-state index in [0.717, 1.165) is 32.2 Å². The van der Waals surface area contributed by atoms with Gasteiger partial charge in [0.15, 0.2) is 0 Å². The lowest BCUT2D eigenvalue weighted by Crippen LogP contribution is -2.43. The number of hydrogen-bond donors (Lipinski definition) is 1. The topological polar surface area (TPSA) is 32.3 Å². The monoisotopic (exact) mass is 272 g/mol. The van der Waals surface area contributed by atoms with Crippen LogP contribution in [0.2, 0.25) is 0 Å². The second-order valence-corrected chi connectivity index (χ2v) is 6.28. The van der Waals surface area contributed by atoms with Gasteiger partial charge < -0.3 is 10.2 Å². The summed E-state index contributed by atoms with van der Waals surface area (Å²) in [6, 6.07) is 9.30. The van der Waals surface area contributed by atoms with E-state index in [1.165, 1.54) is 11.1 Å². The second-order valence-electron chi connectivity index (χ2n) is 6.28. The lowest BCUT2D eigenvalue weighted by atomic mass is 9.91. The molecule has 0 spiro atoms. The number of hydrogen-bond acceptors (Lipinski definition) is 2. The van der Waals surface area contributed by atoms with Gasteiger partial charge in [0.25, 0.3) is 0 Å². The number of carbonyl (C=O) groups excluding carboxylic acids is 1. The quantitative estimate of drug-likeness (QED) is 0.897. The van der Waals surface area contributed by atoms with E-state index in [1.807, 2.05) is 11.9 Å². The van der Waals surface area contributed by atoms with Crippen LogP contribution in [-0.4, -0.2) is 30.4 Å². The molecule has 1 aliphatic heterocycles. The van der Waals surface area contributed by atoms with Crippen LogP contribution in [0.5, 0.6) is 0 Å². The van der Waals surface area contributed by atoms with Gasteiger partial charge in [-0.25, -0.2) is 0 Å². The molecular formula is C17H24N2O. The van der Waals surface area contributed by atoms with Crippen molar-refractivity contribution in [2.45, 2.75) is 44.7 Å². The minimum absolute atomic E-state index is 0.198. The van der Waals surface area contributed by atoms with Crippen LogP contribution >= 0.6 is 0 Å². The molecule has 1 amide bonds. The maximum atomic E-state index is 12.7. The highest BCUT2D eigenvalue weighted by atomic mass is 16.2. The molecule has 1 N–H and O–H groups in total. The second kappa shape index (κ2) is 5.57. The van der Waals surface area contributed by atoms with Crippen LogP contribution in [0.25, 0.3) is 0 Å². The van der Waals surface area contributed by atoms with Crippen molar-refractivity contribution in [1.82, 2.24) is 10.2 Å². The highest BCUT2D eigenvalue weighted by molar-refractivity contribution is 5.79. The number of nitrogens with zero attached hydrogens (tertiary/aromatic N) is 1. The van der Waals surface area contributed by atoms with Crippen molar-refractivity contribution >= 4 is 5.91 Å². The zero-order chi connectivity index (χ0) is 14.1. The van der Waals surface area contributed by atoms with Gasteiger partial charge in [-0.2, -0.15) is 0 Å². The molecule has 0 radical (unpaired) electrons. The summed E-state index contributed by atoms with van der Waals surface area (Å²) in [5.74, 6) is 0.532. The van der Waals surface area contributed by atoms with Crippen molar-refractivity contribution < 1.29 is 4.79 Å². The summed E-state index contributed by atoms with van der Waals surface area (Å²) in [4.78, 5) is 14.7. The zero-order valence-corrected chi connectivity index (χ0v) is 12.4. The molecule has 3 nitrogen and oxygen atoms in total. The minimum atomic E-state index is 0.198. The standard InChI is InChI=1S/C17H24N2O/c1-12-11-14(9-10-18-12)17(20)19(2)16-8-7-13-5-3-4-6-15(13)16/h3-6,12,14,16,18H,7-11H2,1-2H3/t12-,14-,16?/m0/s1. The van der Waals surface area contributed by atoms with E-state index in [2.05, 4.69) is 36.5 Å². The summed E-state index contributed by atoms with van der Waals surface area (Å²) in [6.45, 7) is 3.14. The van der Waals surface area contributed by atoms with Gasteiger partial charge in [0.05, 0.1) is 6.04 Å². The molecule has 1 aromatic rings. The van der Waals surface area contributed by atoms with Gasteiger partial charge in [0.1, 0.15) is 0 Å². The molecule has 108 valence electrons. The van der Waals surface area contributed by atoms with Crippen LogP contribution in [-0.2, 0) is 11.2 Å². The summed E-state index contributed by atoms with van der Waals surface area (Å²) in [7, 11) is 1.99. The Balaban J connectivity index is 1.73. The van der Waals surface area contributed by atoms with Crippen molar-refractivity contribution in [3.05, 3.63) is 35.4 Å². The van der Waals surface area contributed by atoms with Gasteiger partial charge >= 0.3 is 0 Å². The molecule has 3 atom stereocenters. The van der Waals surface area contributed by atoms with Gasteiger partial charge in [-0.15, -0.1) is 0 Å². The lowest BCUT2D eigenvalue weighted by Gasteiger charge is -2.33. The van der Waals surface area contributed by atoms with E-state index < -0.39 is 0 Å². The smallest absolute Gasteiger partial charge is 0.226 e. The number of amides is 1. The highest BCUT2D eigenvalue weighted by Crippen LogP contribution is 2.36. The van der Waals surface area contributed by atoms with E-state index in [1.54, 1.807) is 0 Å². The van der Waals surface area contributed by atoms with Crippen molar-refractivity contribution in [2.75, 3.05) is 13.6 Å². The summed E-state index contributed by atoms with van der Waals surface area (Å²) in [5.41, 5.74) is 2.76. The number of benzene rings is 1. The van der Waals surface area contributed by atoms with E-state index in [4.69, 9.17) is 0 Å². The molecule has 1 fully saturated rings. The molecule has 1 unspecified atom stereocenters. The van der Waals surface area contributed by atoms with Crippen molar-refractivity contribution in [2.24, 2.45) is 5.92 Å². The third-order valence-corrected chi connectivity index (χ3v) is 4.89. The fraction of sp³-hybridized carbons (Fsp3) is 0.588. The molecule has 1 saturated heterocycles. The van der Waals surface area contributed by atoms with E-state index in [9.17, 15) is 4.79 Å². The van der Waals surface area contributed by atoms with E-state index in [0.29, 0.717) is 11.9 Å². The maximum Gasteiger partial charge on any atom is 0.226 e. The van der Waals surface area contributed by atoms with Crippen molar-refractivity contribution in [3.63, 3.8) is 0 Å². The third-order valence-electron chi connectivity index (χ3n) is 4.89. The van der Waals surface area contributed by atoms with Crippen LogP contribution in [0.1, 0.15) is 43.4 Å². The molecule has 1 aliphatic carbocycles. The Labute approximate surface area is 121 Å². The Morgan fingerprint density at radius 1 is 1.30 bits per heavy atom. The first-order chi connectivity index (χ1) is 9.66. The number of aryl methyl sites for hydroxylation is 1. The first kappa shape index (κ1) is 13.6. The molecule has 3 heteroatoms. The zero-order valence-electron chi connectivity index (χ0n) is 12.4. The molecule has 2 aliphatic rings. The Bertz CT molecular complexity index is 500. The van der Waals surface area contributed by atoms with Gasteiger partial charge in [-0.1, -0.05) is 24.3 Å². The predicted octanol–water partition coefficient (Wildman–Crippen LogP) is 2.52. The van der Waals surface area contributed by atoms with Crippen LogP contribution < -0.4 is 5.32 Å². The predicted molar refractivity (Wildman–Crippen MR) is 80.5 cm³/mol. The molecule has 1 aromatic carbocycles. The van der Waals surface area contributed by atoms with Gasteiger partial charge in [0, 0.05) is 19.0 Å². The molecule has 0 saturated carbocycles. The Morgan fingerprint density at radius 2 is 2.10 bits per heavy atom. The van der Waals surface area contributed by atoms with Crippen LogP contribution in [0.15, 0.2) is 24.3 Å². The van der Waals surface area contributed by atoms with Crippen LogP contribution in [0, 0.1) is 5.92 Å². The first-order valence-corrected chi connectivity index (χ1v) is 7.74. The number of nitrogens with one attached hydrogen (secondary N) is 1. The van der Waals surface area contributed by atoms with Gasteiger partial charge in [-0.05, 0) is 50.3 Å². The molecule has 0 bridgehead atoms. The average Bonchev–Trinajstić information content (AvgIpc) is 2.89.